The summed E-state index contributed by atoms with van der Waals surface area (Å²) >= 11 is 0. The fraction of sp³-hybridized carbons (Fsp3) is 0.381. The van der Waals surface area contributed by atoms with Crippen molar-refractivity contribution in [2.75, 3.05) is 19.7 Å². The molecule has 1 unspecified atom stereocenters. The van der Waals surface area contributed by atoms with Gasteiger partial charge in [-0.3, -0.25) is 10.1 Å². The molecule has 0 aliphatic carbocycles. The van der Waals surface area contributed by atoms with Crippen LogP contribution in [0.5, 0.6) is 5.75 Å². The van der Waals surface area contributed by atoms with Gasteiger partial charge in [-0.15, -0.1) is 0 Å². The van der Waals surface area contributed by atoms with E-state index in [4.69, 9.17) is 0 Å². The fourth-order valence-electron chi connectivity index (χ4n) is 3.45. The predicted molar refractivity (Wildman–Crippen MR) is 102 cm³/mol. The highest BCUT2D eigenvalue weighted by atomic mass is 16.3. The number of amides is 1. The number of nitrogens with one attached hydrogen (secondary N) is 1. The molecule has 27 heavy (non-hydrogen) atoms. The van der Waals surface area contributed by atoms with Crippen molar-refractivity contribution < 1.29 is 20.1 Å². The minimum atomic E-state index is -1.10. The highest BCUT2D eigenvalue weighted by Gasteiger charge is 2.34. The summed E-state index contributed by atoms with van der Waals surface area (Å²) in [5.41, 5.74) is 1.37. The van der Waals surface area contributed by atoms with E-state index in [1.165, 1.54) is 12.1 Å². The lowest BCUT2D eigenvalue weighted by molar-refractivity contribution is -0.135. The maximum absolute atomic E-state index is 13.1. The summed E-state index contributed by atoms with van der Waals surface area (Å²) in [5, 5.41) is 33.4. The van der Waals surface area contributed by atoms with E-state index in [0.29, 0.717) is 18.7 Å². The van der Waals surface area contributed by atoms with Crippen LogP contribution in [-0.4, -0.2) is 51.9 Å². The number of phenolic OH excluding ortho intramolecular Hbond substituents is 1. The molecule has 1 aliphatic heterocycles. The van der Waals surface area contributed by atoms with Crippen molar-refractivity contribution >= 4 is 5.91 Å². The molecule has 3 atom stereocenters. The summed E-state index contributed by atoms with van der Waals surface area (Å²) in [5.74, 6) is -0.0821. The van der Waals surface area contributed by atoms with Gasteiger partial charge in [0, 0.05) is 13.1 Å². The van der Waals surface area contributed by atoms with Gasteiger partial charge in [-0.05, 0) is 36.1 Å². The Kier molecular flexibility index (Phi) is 6.45. The molecular weight excluding hydrogens is 344 g/mol. The SMILES string of the molecule is O=C([C@@H](NC(CO)c1ccccc1)[C@H](O)c1ccc(O)cc1)N1CCCC1. The standard InChI is InChI=1S/C21H26N2O4/c24-14-18(15-6-2-1-3-7-15)22-19(21(27)23-12-4-5-13-23)20(26)16-8-10-17(25)11-9-16/h1-3,6-11,18-20,22,24-26H,4-5,12-14H2/t18?,19-,20+/m0/s1. The fourth-order valence-corrected chi connectivity index (χ4v) is 3.45. The number of carbonyl (C=O) groups excluding carboxylic acids is 1. The van der Waals surface area contributed by atoms with Crippen LogP contribution in [0.25, 0.3) is 0 Å². The number of hydrogen-bond acceptors (Lipinski definition) is 5. The molecule has 6 nitrogen and oxygen atoms in total. The zero-order valence-electron chi connectivity index (χ0n) is 15.2. The van der Waals surface area contributed by atoms with Crippen LogP contribution >= 0.6 is 0 Å². The second-order valence-electron chi connectivity index (χ2n) is 6.86. The second kappa shape index (κ2) is 8.99. The average Bonchev–Trinajstić information content (AvgIpc) is 3.24. The van der Waals surface area contributed by atoms with Crippen molar-refractivity contribution in [1.29, 1.82) is 0 Å². The molecule has 1 fully saturated rings. The molecule has 2 aromatic carbocycles. The van der Waals surface area contributed by atoms with E-state index in [1.807, 2.05) is 30.3 Å². The molecule has 6 heteroatoms. The minimum Gasteiger partial charge on any atom is -0.508 e. The number of carbonyl (C=O) groups is 1. The lowest BCUT2D eigenvalue weighted by Crippen LogP contribution is -2.50. The van der Waals surface area contributed by atoms with Crippen LogP contribution in [0.15, 0.2) is 54.6 Å². The van der Waals surface area contributed by atoms with Gasteiger partial charge in [-0.1, -0.05) is 42.5 Å². The van der Waals surface area contributed by atoms with Gasteiger partial charge in [0.2, 0.25) is 5.91 Å². The van der Waals surface area contributed by atoms with Crippen molar-refractivity contribution in [2.24, 2.45) is 0 Å². The van der Waals surface area contributed by atoms with Crippen molar-refractivity contribution in [1.82, 2.24) is 10.2 Å². The van der Waals surface area contributed by atoms with Crippen LogP contribution in [-0.2, 0) is 4.79 Å². The van der Waals surface area contributed by atoms with E-state index in [9.17, 15) is 20.1 Å². The van der Waals surface area contributed by atoms with E-state index in [2.05, 4.69) is 5.32 Å². The van der Waals surface area contributed by atoms with Gasteiger partial charge >= 0.3 is 0 Å². The van der Waals surface area contributed by atoms with E-state index in [-0.39, 0.29) is 18.3 Å². The van der Waals surface area contributed by atoms with Gasteiger partial charge in [0.05, 0.1) is 12.6 Å². The smallest absolute Gasteiger partial charge is 0.242 e. The third-order valence-corrected chi connectivity index (χ3v) is 5.00. The Morgan fingerprint density at radius 3 is 2.22 bits per heavy atom. The van der Waals surface area contributed by atoms with Crippen LogP contribution in [0.3, 0.4) is 0 Å². The van der Waals surface area contributed by atoms with Gasteiger partial charge in [-0.2, -0.15) is 0 Å². The normalized spacial score (nSPS) is 17.5. The largest absolute Gasteiger partial charge is 0.508 e. The number of likely N-dealkylation sites (tertiary alicyclic amines) is 1. The van der Waals surface area contributed by atoms with Crippen molar-refractivity contribution in [3.05, 3.63) is 65.7 Å². The first-order valence-corrected chi connectivity index (χ1v) is 9.28. The minimum absolute atomic E-state index is 0.0962. The Bertz CT molecular complexity index is 730. The number of phenols is 1. The van der Waals surface area contributed by atoms with Crippen molar-refractivity contribution in [3.8, 4) is 5.75 Å². The molecule has 0 saturated carbocycles. The Labute approximate surface area is 159 Å². The van der Waals surface area contributed by atoms with Crippen LogP contribution < -0.4 is 5.32 Å². The Morgan fingerprint density at radius 2 is 1.63 bits per heavy atom. The van der Waals surface area contributed by atoms with E-state index in [0.717, 1.165) is 18.4 Å². The molecule has 3 rings (SSSR count). The summed E-state index contributed by atoms with van der Waals surface area (Å²) in [6, 6.07) is 14.2. The predicted octanol–water partition coefficient (Wildman–Crippen LogP) is 1.74. The highest BCUT2D eigenvalue weighted by molar-refractivity contribution is 5.83. The summed E-state index contributed by atoms with van der Waals surface area (Å²) in [4.78, 5) is 14.8. The molecule has 0 aromatic heterocycles. The first-order chi connectivity index (χ1) is 13.1. The maximum Gasteiger partial charge on any atom is 0.242 e. The summed E-state index contributed by atoms with van der Waals surface area (Å²) in [7, 11) is 0. The van der Waals surface area contributed by atoms with Crippen LogP contribution in [0.1, 0.15) is 36.1 Å². The quantitative estimate of drug-likeness (QED) is 0.596. The van der Waals surface area contributed by atoms with Gasteiger partial charge in [0.25, 0.3) is 0 Å². The van der Waals surface area contributed by atoms with Crippen LogP contribution in [0.4, 0.5) is 0 Å². The molecular formula is C21H26N2O4. The van der Waals surface area contributed by atoms with Crippen LogP contribution in [0.2, 0.25) is 0 Å². The highest BCUT2D eigenvalue weighted by Crippen LogP contribution is 2.25. The van der Waals surface area contributed by atoms with Crippen LogP contribution in [0, 0.1) is 0 Å². The Hall–Kier alpha value is -2.41. The molecule has 1 saturated heterocycles. The number of nitrogens with zero attached hydrogens (tertiary/aromatic N) is 1. The molecule has 144 valence electrons. The van der Waals surface area contributed by atoms with Gasteiger partial charge in [0.15, 0.2) is 0 Å². The van der Waals surface area contributed by atoms with Crippen molar-refractivity contribution in [2.45, 2.75) is 31.0 Å². The molecule has 0 spiro atoms. The summed E-state index contributed by atoms with van der Waals surface area (Å²) in [6.45, 7) is 1.15. The first-order valence-electron chi connectivity index (χ1n) is 9.28. The summed E-state index contributed by atoms with van der Waals surface area (Å²) in [6.07, 6.45) is 0.808. The molecule has 1 heterocycles. The number of aliphatic hydroxyl groups excluding tert-OH is 2. The summed E-state index contributed by atoms with van der Waals surface area (Å²) < 4.78 is 0. The maximum atomic E-state index is 13.1. The lowest BCUT2D eigenvalue weighted by atomic mass is 9.98. The van der Waals surface area contributed by atoms with E-state index >= 15 is 0 Å². The molecule has 1 amide bonds. The Morgan fingerprint density at radius 1 is 1.00 bits per heavy atom. The number of aliphatic hydroxyl groups is 2. The second-order valence-corrected chi connectivity index (χ2v) is 6.86. The number of aromatic hydroxyl groups is 1. The molecule has 1 aliphatic rings. The zero-order chi connectivity index (χ0) is 19.2. The monoisotopic (exact) mass is 370 g/mol. The number of benzene rings is 2. The third kappa shape index (κ3) is 4.66. The zero-order valence-corrected chi connectivity index (χ0v) is 15.2. The lowest BCUT2D eigenvalue weighted by Gasteiger charge is -2.31. The van der Waals surface area contributed by atoms with Gasteiger partial charge in [-0.25, -0.2) is 0 Å². The number of hydrogen-bond donors (Lipinski definition) is 4. The van der Waals surface area contributed by atoms with E-state index in [1.54, 1.807) is 17.0 Å². The van der Waals surface area contributed by atoms with E-state index < -0.39 is 18.2 Å². The third-order valence-electron chi connectivity index (χ3n) is 5.00. The Balaban J connectivity index is 1.86. The topological polar surface area (TPSA) is 93.0 Å². The van der Waals surface area contributed by atoms with Crippen molar-refractivity contribution in [3.63, 3.8) is 0 Å². The van der Waals surface area contributed by atoms with Gasteiger partial charge < -0.3 is 20.2 Å². The molecule has 4 N–H and O–H groups in total. The number of rotatable bonds is 7. The molecule has 0 radical (unpaired) electrons. The van der Waals surface area contributed by atoms with Gasteiger partial charge in [0.1, 0.15) is 17.9 Å². The molecule has 0 bridgehead atoms. The molecule has 2 aromatic rings. The first kappa shape index (κ1) is 19.4. The average molecular weight is 370 g/mol.